The van der Waals surface area contributed by atoms with Gasteiger partial charge in [-0.2, -0.15) is 5.10 Å². The summed E-state index contributed by atoms with van der Waals surface area (Å²) in [5.74, 6) is 0.493. The fourth-order valence-corrected chi connectivity index (χ4v) is 4.66. The van der Waals surface area contributed by atoms with Gasteiger partial charge in [0.05, 0.1) is 36.8 Å². The van der Waals surface area contributed by atoms with Crippen molar-refractivity contribution < 1.29 is 14.3 Å². The number of benzene rings is 3. The number of carbonyl (C=O) groups is 2. The fourth-order valence-electron chi connectivity index (χ4n) is 4.66. The lowest BCUT2D eigenvalue weighted by molar-refractivity contribution is -0.118. The Balaban J connectivity index is 1.35. The minimum Gasteiger partial charge on any atom is -0.379 e. The Kier molecular flexibility index (Phi) is 7.86. The number of hydrogen-bond acceptors (Lipinski definition) is 5. The molecular formula is C31H36N6O3. The van der Waals surface area contributed by atoms with Crippen molar-refractivity contribution in [1.29, 1.82) is 0 Å². The number of amides is 3. The van der Waals surface area contributed by atoms with Gasteiger partial charge in [-0.15, -0.1) is 0 Å². The van der Waals surface area contributed by atoms with Crippen LogP contribution in [0.25, 0.3) is 16.5 Å². The van der Waals surface area contributed by atoms with Crippen molar-refractivity contribution in [2.75, 3.05) is 48.8 Å². The van der Waals surface area contributed by atoms with Gasteiger partial charge in [-0.25, -0.2) is 9.48 Å². The van der Waals surface area contributed by atoms with Crippen LogP contribution in [-0.2, 0) is 14.9 Å². The van der Waals surface area contributed by atoms with Gasteiger partial charge < -0.3 is 15.4 Å². The van der Waals surface area contributed by atoms with E-state index in [2.05, 4.69) is 41.6 Å². The molecule has 1 aromatic heterocycles. The molecule has 0 bridgehead atoms. The molecule has 0 aliphatic carbocycles. The SMILES string of the molecule is Cc1ccc(-n2nc(C(C)(C)C)cc2NC(=O)Nc2ccc(NC(=O)CN3CCOCC3)c3ccccc23)cc1. The van der Waals surface area contributed by atoms with Gasteiger partial charge in [0.15, 0.2) is 0 Å². The van der Waals surface area contributed by atoms with Gasteiger partial charge >= 0.3 is 6.03 Å². The van der Waals surface area contributed by atoms with Crippen molar-refractivity contribution >= 4 is 39.9 Å². The van der Waals surface area contributed by atoms with Gasteiger partial charge in [0.25, 0.3) is 0 Å². The molecule has 0 spiro atoms. The molecule has 1 aliphatic rings. The molecule has 1 aliphatic heterocycles. The predicted octanol–water partition coefficient (Wildman–Crippen LogP) is 5.55. The highest BCUT2D eigenvalue weighted by Crippen LogP contribution is 2.31. The number of aromatic nitrogens is 2. The highest BCUT2D eigenvalue weighted by Gasteiger charge is 2.22. The fraction of sp³-hybridized carbons (Fsp3) is 0.323. The van der Waals surface area contributed by atoms with E-state index in [1.807, 2.05) is 73.7 Å². The van der Waals surface area contributed by atoms with Crippen LogP contribution in [0, 0.1) is 6.92 Å². The summed E-state index contributed by atoms with van der Waals surface area (Å²) in [6, 6.07) is 20.8. The van der Waals surface area contributed by atoms with Crippen LogP contribution < -0.4 is 16.0 Å². The molecule has 9 nitrogen and oxygen atoms in total. The maximum Gasteiger partial charge on any atom is 0.324 e. The van der Waals surface area contributed by atoms with Gasteiger partial charge in [0.2, 0.25) is 5.91 Å². The Morgan fingerprint density at radius 1 is 0.875 bits per heavy atom. The van der Waals surface area contributed by atoms with E-state index in [4.69, 9.17) is 9.84 Å². The third kappa shape index (κ3) is 6.32. The predicted molar refractivity (Wildman–Crippen MR) is 159 cm³/mol. The first-order chi connectivity index (χ1) is 19.2. The monoisotopic (exact) mass is 540 g/mol. The van der Waals surface area contributed by atoms with Crippen LogP contribution in [0.3, 0.4) is 0 Å². The molecule has 3 aromatic carbocycles. The van der Waals surface area contributed by atoms with Gasteiger partial charge in [-0.3, -0.25) is 15.0 Å². The van der Waals surface area contributed by atoms with Crippen molar-refractivity contribution in [1.82, 2.24) is 14.7 Å². The molecule has 40 heavy (non-hydrogen) atoms. The lowest BCUT2D eigenvalue weighted by Gasteiger charge is -2.26. The number of nitrogens with one attached hydrogen (secondary N) is 3. The molecule has 9 heteroatoms. The largest absolute Gasteiger partial charge is 0.379 e. The van der Waals surface area contributed by atoms with E-state index in [9.17, 15) is 9.59 Å². The number of carbonyl (C=O) groups excluding carboxylic acids is 2. The van der Waals surface area contributed by atoms with E-state index in [0.717, 1.165) is 40.8 Å². The van der Waals surface area contributed by atoms with Crippen LogP contribution in [0.4, 0.5) is 22.0 Å². The molecule has 5 rings (SSSR count). The molecule has 0 radical (unpaired) electrons. The number of morpholine rings is 1. The van der Waals surface area contributed by atoms with E-state index >= 15 is 0 Å². The molecule has 0 atom stereocenters. The van der Waals surface area contributed by atoms with Crippen LogP contribution in [0.15, 0.2) is 66.7 Å². The molecule has 4 aromatic rings. The number of ether oxygens (including phenoxy) is 1. The van der Waals surface area contributed by atoms with Crippen molar-refractivity contribution in [2.45, 2.75) is 33.1 Å². The maximum absolute atomic E-state index is 13.3. The Morgan fingerprint density at radius 3 is 2.12 bits per heavy atom. The summed E-state index contributed by atoms with van der Waals surface area (Å²) in [6.07, 6.45) is 0. The van der Waals surface area contributed by atoms with Gasteiger partial charge in [-0.05, 0) is 31.2 Å². The first kappa shape index (κ1) is 27.4. The summed E-state index contributed by atoms with van der Waals surface area (Å²) in [5, 5.41) is 15.5. The topological polar surface area (TPSA) is 101 Å². The number of nitrogens with zero attached hydrogens (tertiary/aromatic N) is 3. The first-order valence-corrected chi connectivity index (χ1v) is 13.5. The normalized spacial score (nSPS) is 14.2. The summed E-state index contributed by atoms with van der Waals surface area (Å²) in [7, 11) is 0. The number of rotatable bonds is 6. The second kappa shape index (κ2) is 11.5. The van der Waals surface area contributed by atoms with E-state index in [1.165, 1.54) is 0 Å². The molecule has 3 amide bonds. The van der Waals surface area contributed by atoms with E-state index in [0.29, 0.717) is 37.0 Å². The lowest BCUT2D eigenvalue weighted by atomic mass is 9.92. The average Bonchev–Trinajstić information content (AvgIpc) is 3.35. The highest BCUT2D eigenvalue weighted by atomic mass is 16.5. The molecule has 1 fully saturated rings. The van der Waals surface area contributed by atoms with Crippen LogP contribution in [-0.4, -0.2) is 59.5 Å². The van der Waals surface area contributed by atoms with Crippen LogP contribution in [0.5, 0.6) is 0 Å². The third-order valence-electron chi connectivity index (χ3n) is 6.92. The number of fused-ring (bicyclic) bond motifs is 1. The van der Waals surface area contributed by atoms with Crippen LogP contribution in [0.2, 0.25) is 0 Å². The first-order valence-electron chi connectivity index (χ1n) is 13.5. The number of aryl methyl sites for hydroxylation is 1. The quantitative estimate of drug-likeness (QED) is 0.298. The van der Waals surface area contributed by atoms with Crippen molar-refractivity contribution in [3.05, 3.63) is 78.0 Å². The Labute approximate surface area is 234 Å². The highest BCUT2D eigenvalue weighted by molar-refractivity contribution is 6.11. The molecule has 1 saturated heterocycles. The van der Waals surface area contributed by atoms with E-state index in [1.54, 1.807) is 4.68 Å². The molecular weight excluding hydrogens is 504 g/mol. The standard InChI is InChI=1S/C31H36N6O3/c1-21-9-11-22(12-10-21)37-28(19-27(35-37)31(2,3)4)34-30(39)33-26-14-13-25(23-7-5-6-8-24(23)26)32-29(38)20-36-15-17-40-18-16-36/h5-14,19H,15-18,20H2,1-4H3,(H,32,38)(H2,33,34,39). The summed E-state index contributed by atoms with van der Waals surface area (Å²) in [6.45, 7) is 11.4. The lowest BCUT2D eigenvalue weighted by Crippen LogP contribution is -2.41. The molecule has 0 saturated carbocycles. The van der Waals surface area contributed by atoms with Gasteiger partial charge in [0, 0.05) is 41.0 Å². The van der Waals surface area contributed by atoms with Crippen LogP contribution >= 0.6 is 0 Å². The molecule has 0 unspecified atom stereocenters. The summed E-state index contributed by atoms with van der Waals surface area (Å²) < 4.78 is 7.13. The summed E-state index contributed by atoms with van der Waals surface area (Å²) in [5.41, 5.74) is 4.02. The maximum atomic E-state index is 13.3. The zero-order chi connectivity index (χ0) is 28.3. The number of anilines is 3. The van der Waals surface area contributed by atoms with Crippen molar-refractivity contribution in [3.63, 3.8) is 0 Å². The minimum absolute atomic E-state index is 0.0791. The molecule has 3 N–H and O–H groups in total. The van der Waals surface area contributed by atoms with E-state index < -0.39 is 0 Å². The summed E-state index contributed by atoms with van der Waals surface area (Å²) >= 11 is 0. The van der Waals surface area contributed by atoms with Crippen molar-refractivity contribution in [2.24, 2.45) is 0 Å². The van der Waals surface area contributed by atoms with E-state index in [-0.39, 0.29) is 17.4 Å². The van der Waals surface area contributed by atoms with Crippen molar-refractivity contribution in [3.8, 4) is 5.69 Å². The summed E-state index contributed by atoms with van der Waals surface area (Å²) in [4.78, 5) is 28.1. The number of urea groups is 1. The zero-order valence-corrected chi connectivity index (χ0v) is 23.5. The Bertz CT molecular complexity index is 1510. The Morgan fingerprint density at radius 2 is 1.50 bits per heavy atom. The molecule has 2 heterocycles. The Hall–Kier alpha value is -4.21. The second-order valence-electron chi connectivity index (χ2n) is 11.1. The number of hydrogen-bond donors (Lipinski definition) is 3. The van der Waals surface area contributed by atoms with Gasteiger partial charge in [0.1, 0.15) is 5.82 Å². The van der Waals surface area contributed by atoms with Gasteiger partial charge in [-0.1, -0.05) is 62.7 Å². The average molecular weight is 541 g/mol. The molecule has 208 valence electrons. The zero-order valence-electron chi connectivity index (χ0n) is 23.5. The smallest absolute Gasteiger partial charge is 0.324 e. The minimum atomic E-state index is -0.386. The van der Waals surface area contributed by atoms with Crippen LogP contribution in [0.1, 0.15) is 32.0 Å². The third-order valence-corrected chi connectivity index (χ3v) is 6.92. The second-order valence-corrected chi connectivity index (χ2v) is 11.1.